The minimum absolute atomic E-state index is 0.148. The van der Waals surface area contributed by atoms with E-state index in [1.807, 2.05) is 49.1 Å². The summed E-state index contributed by atoms with van der Waals surface area (Å²) >= 11 is 9.81. The molecule has 0 amide bonds. The van der Waals surface area contributed by atoms with Gasteiger partial charge in [0.05, 0.1) is 23.5 Å². The number of fused-ring (bicyclic) bond motifs is 2. The van der Waals surface area contributed by atoms with Crippen LogP contribution in [0.5, 0.6) is 0 Å². The highest BCUT2D eigenvalue weighted by Crippen LogP contribution is 2.20. The molecule has 4 aromatic heterocycles. The van der Waals surface area contributed by atoms with Crippen molar-refractivity contribution >= 4 is 47.3 Å². The molecule has 36 heavy (non-hydrogen) atoms. The lowest BCUT2D eigenvalue weighted by Crippen LogP contribution is -2.33. The molecule has 0 aliphatic rings. The van der Waals surface area contributed by atoms with E-state index in [0.717, 1.165) is 6.42 Å². The van der Waals surface area contributed by atoms with Crippen molar-refractivity contribution in [2.45, 2.75) is 33.7 Å². The molecular weight excluding hydrogens is 498 g/mol. The third-order valence-electron chi connectivity index (χ3n) is 5.08. The van der Waals surface area contributed by atoms with Crippen LogP contribution in [0, 0.1) is 0 Å². The fraction of sp³-hybridized carbons (Fsp3) is 0.292. The van der Waals surface area contributed by atoms with Gasteiger partial charge in [-0.15, -0.1) is 0 Å². The zero-order valence-corrected chi connectivity index (χ0v) is 22.4. The number of benzene rings is 1. The first-order valence-electron chi connectivity index (χ1n) is 11.6. The van der Waals surface area contributed by atoms with Crippen LogP contribution in [0.3, 0.4) is 0 Å². The smallest absolute Gasteiger partial charge is 0.284 e. The molecular formula is C24H30ClN9OS. The normalized spacial score (nSPS) is 10.5. The van der Waals surface area contributed by atoms with Crippen LogP contribution in [0.15, 0.2) is 59.7 Å². The summed E-state index contributed by atoms with van der Waals surface area (Å²) in [5.74, 6) is 1.20. The van der Waals surface area contributed by atoms with Crippen molar-refractivity contribution in [3.63, 3.8) is 0 Å². The zero-order valence-electron chi connectivity index (χ0n) is 20.7. The van der Waals surface area contributed by atoms with E-state index >= 15 is 0 Å². The van der Waals surface area contributed by atoms with Crippen LogP contribution in [0.25, 0.3) is 16.9 Å². The highest BCUT2D eigenvalue weighted by Gasteiger charge is 2.21. The van der Waals surface area contributed by atoms with E-state index < -0.39 is 0 Å². The average molecular weight is 528 g/mol. The predicted octanol–water partition coefficient (Wildman–Crippen LogP) is 4.15. The summed E-state index contributed by atoms with van der Waals surface area (Å²) in [6.45, 7) is 6.99. The van der Waals surface area contributed by atoms with Gasteiger partial charge in [0.2, 0.25) is 11.9 Å². The molecule has 5 rings (SSSR count). The van der Waals surface area contributed by atoms with Crippen LogP contribution in [-0.2, 0) is 6.54 Å². The molecule has 0 saturated carbocycles. The maximum Gasteiger partial charge on any atom is 0.284 e. The lowest BCUT2D eigenvalue weighted by atomic mass is 10.3. The maximum atomic E-state index is 13.5. The molecule has 0 fully saturated rings. The van der Waals surface area contributed by atoms with Gasteiger partial charge in [0.15, 0.2) is 11.5 Å². The Kier molecular flexibility index (Phi) is 9.31. The average Bonchev–Trinajstić information content (AvgIpc) is 3.53. The number of nitrogen functional groups attached to an aromatic ring is 1. The van der Waals surface area contributed by atoms with Gasteiger partial charge >= 0.3 is 0 Å². The maximum absolute atomic E-state index is 13.5. The molecule has 4 heterocycles. The number of anilines is 2. The lowest BCUT2D eigenvalue weighted by Gasteiger charge is -2.24. The molecule has 0 spiro atoms. The molecule has 2 N–H and O–H groups in total. The minimum atomic E-state index is -0.251. The Bertz CT molecular complexity index is 1480. The summed E-state index contributed by atoms with van der Waals surface area (Å²) in [5, 5.41) is 9.41. The second-order valence-corrected chi connectivity index (χ2v) is 7.66. The molecule has 0 aliphatic heterocycles. The largest absolute Gasteiger partial charge is 0.368 e. The van der Waals surface area contributed by atoms with E-state index in [1.54, 1.807) is 39.9 Å². The van der Waals surface area contributed by atoms with Gasteiger partial charge < -0.3 is 10.6 Å². The number of hydrogen-bond donors (Lipinski definition) is 2. The van der Waals surface area contributed by atoms with Crippen molar-refractivity contribution in [1.82, 2.24) is 33.8 Å². The third-order valence-corrected chi connectivity index (χ3v) is 5.39. The van der Waals surface area contributed by atoms with Gasteiger partial charge in [-0.25, -0.2) is 4.52 Å². The number of nitrogens with two attached hydrogens (primary N) is 1. The number of rotatable bonds is 6. The van der Waals surface area contributed by atoms with E-state index in [1.165, 1.54) is 4.52 Å². The standard InChI is InChI=1S/C21H20ClN9O.C2H6.CH4S/c1-2-11-28(21-26-20(23)25-16-8-10-24-31(16)21)13-17-27-29-12-9-15(22)18(29)19(32)30(17)14-6-4-3-5-7-14;2*1-2/h3-10,12H,2,11,13H2,1H3,(H2,23,25);1-2H3;2H,1H3. The van der Waals surface area contributed by atoms with Crippen molar-refractivity contribution in [1.29, 1.82) is 0 Å². The summed E-state index contributed by atoms with van der Waals surface area (Å²) < 4.78 is 4.72. The molecule has 0 bridgehead atoms. The zero-order chi connectivity index (χ0) is 26.2. The Morgan fingerprint density at radius 3 is 2.50 bits per heavy atom. The second-order valence-electron chi connectivity index (χ2n) is 7.25. The van der Waals surface area contributed by atoms with Gasteiger partial charge in [0.25, 0.3) is 5.56 Å². The number of halogens is 1. The highest BCUT2D eigenvalue weighted by molar-refractivity contribution is 7.79. The molecule has 10 nitrogen and oxygen atoms in total. The molecule has 0 unspecified atom stereocenters. The predicted molar refractivity (Wildman–Crippen MR) is 149 cm³/mol. The Hall–Kier alpha value is -3.57. The Balaban J connectivity index is 0.000000861. The Morgan fingerprint density at radius 1 is 1.08 bits per heavy atom. The lowest BCUT2D eigenvalue weighted by molar-refractivity contribution is 0.648. The molecule has 0 saturated heterocycles. The molecule has 0 aliphatic carbocycles. The van der Waals surface area contributed by atoms with Crippen molar-refractivity contribution in [3.05, 3.63) is 76.1 Å². The van der Waals surface area contributed by atoms with E-state index in [0.29, 0.717) is 40.2 Å². The van der Waals surface area contributed by atoms with Gasteiger partial charge in [0.1, 0.15) is 5.52 Å². The molecule has 12 heteroatoms. The van der Waals surface area contributed by atoms with E-state index in [4.69, 9.17) is 22.4 Å². The van der Waals surface area contributed by atoms with Crippen LogP contribution >= 0.6 is 24.2 Å². The van der Waals surface area contributed by atoms with Crippen molar-refractivity contribution < 1.29 is 0 Å². The van der Waals surface area contributed by atoms with E-state index in [-0.39, 0.29) is 18.1 Å². The third kappa shape index (κ3) is 5.31. The molecule has 0 atom stereocenters. The van der Waals surface area contributed by atoms with Crippen molar-refractivity contribution in [2.75, 3.05) is 23.4 Å². The van der Waals surface area contributed by atoms with Gasteiger partial charge in [0, 0.05) is 18.8 Å². The summed E-state index contributed by atoms with van der Waals surface area (Å²) in [7, 11) is 0. The van der Waals surface area contributed by atoms with Crippen LogP contribution in [0.2, 0.25) is 5.02 Å². The highest BCUT2D eigenvalue weighted by atomic mass is 35.5. The van der Waals surface area contributed by atoms with Gasteiger partial charge in [-0.1, -0.05) is 50.6 Å². The molecule has 0 radical (unpaired) electrons. The van der Waals surface area contributed by atoms with Crippen LogP contribution in [0.4, 0.5) is 11.9 Å². The monoisotopic (exact) mass is 527 g/mol. The minimum Gasteiger partial charge on any atom is -0.368 e. The molecule has 1 aromatic carbocycles. The SMILES string of the molecule is CC.CCCN(Cc1nn2ccc(Cl)c2c(=O)n1-c1ccccc1)c1nc(N)nc2ccnn12.CS. The van der Waals surface area contributed by atoms with Crippen molar-refractivity contribution in [3.8, 4) is 5.69 Å². The topological polar surface area (TPSA) is 112 Å². The fourth-order valence-electron chi connectivity index (χ4n) is 3.74. The summed E-state index contributed by atoms with van der Waals surface area (Å²) in [6.07, 6.45) is 5.85. The van der Waals surface area contributed by atoms with Gasteiger partial charge in [-0.2, -0.15) is 37.3 Å². The van der Waals surface area contributed by atoms with Crippen molar-refractivity contribution in [2.24, 2.45) is 0 Å². The van der Waals surface area contributed by atoms with Crippen LogP contribution in [-0.4, -0.2) is 46.6 Å². The number of para-hydroxylation sites is 1. The van der Waals surface area contributed by atoms with Crippen LogP contribution in [0.1, 0.15) is 33.0 Å². The quantitative estimate of drug-likeness (QED) is 0.319. The number of nitrogens with zero attached hydrogens (tertiary/aromatic N) is 8. The van der Waals surface area contributed by atoms with Crippen LogP contribution < -0.4 is 16.2 Å². The molecule has 190 valence electrons. The van der Waals surface area contributed by atoms with Gasteiger partial charge in [-0.3, -0.25) is 9.36 Å². The summed E-state index contributed by atoms with van der Waals surface area (Å²) in [6, 6.07) is 12.8. The Labute approximate surface area is 219 Å². The number of thiol groups is 1. The Morgan fingerprint density at radius 2 is 1.81 bits per heavy atom. The number of hydrogen-bond acceptors (Lipinski definition) is 8. The first kappa shape index (κ1) is 27.0. The summed E-state index contributed by atoms with van der Waals surface area (Å²) in [5.41, 5.74) is 7.31. The van der Waals surface area contributed by atoms with Gasteiger partial charge in [-0.05, 0) is 30.9 Å². The second kappa shape index (κ2) is 12.4. The number of aromatic nitrogens is 7. The van der Waals surface area contributed by atoms with E-state index in [2.05, 4.69) is 34.6 Å². The summed E-state index contributed by atoms with van der Waals surface area (Å²) in [4.78, 5) is 24.1. The van der Waals surface area contributed by atoms with E-state index in [9.17, 15) is 4.79 Å². The fourth-order valence-corrected chi connectivity index (χ4v) is 3.97. The molecule has 5 aromatic rings. The first-order valence-corrected chi connectivity index (χ1v) is 12.8. The first-order chi connectivity index (χ1) is 17.6.